The maximum atomic E-state index is 12.5. The molecule has 2 aromatic carbocycles. The van der Waals surface area contributed by atoms with Crippen LogP contribution in [-0.2, 0) is 15.5 Å². The van der Waals surface area contributed by atoms with E-state index < -0.39 is 7.82 Å². The molecule has 0 bridgehead atoms. The molecule has 0 saturated carbocycles. The summed E-state index contributed by atoms with van der Waals surface area (Å²) in [6.45, 7) is 1.59. The van der Waals surface area contributed by atoms with Gasteiger partial charge in [-0.3, -0.25) is 19.5 Å². The third-order valence-corrected chi connectivity index (χ3v) is 6.04. The average molecular weight is 535 g/mol. The van der Waals surface area contributed by atoms with Crippen LogP contribution in [0.3, 0.4) is 0 Å². The zero-order valence-corrected chi connectivity index (χ0v) is 20.9. The normalized spacial score (nSPS) is 14.4. The number of carbonyl (C=O) groups excluding carboxylic acids is 2. The Labute approximate surface area is 213 Å². The first-order valence-electron chi connectivity index (χ1n) is 11.5. The Bertz CT molecular complexity index is 1160. The smallest absolute Gasteiger partial charge is 0.469 e. The summed E-state index contributed by atoms with van der Waals surface area (Å²) >= 11 is 0. The molecule has 0 radical (unpaired) electrons. The number of oxime groups is 1. The van der Waals surface area contributed by atoms with Crippen LogP contribution in [0.4, 0.5) is 0 Å². The number of rotatable bonds is 12. The van der Waals surface area contributed by atoms with Gasteiger partial charge in [-0.1, -0.05) is 17.3 Å². The molecule has 0 spiro atoms. The monoisotopic (exact) mass is 535 g/mol. The molecule has 0 aliphatic carbocycles. The second kappa shape index (κ2) is 13.2. The molecule has 1 fully saturated rings. The van der Waals surface area contributed by atoms with Crippen LogP contribution >= 0.6 is 7.82 Å². The zero-order valence-electron chi connectivity index (χ0n) is 20.0. The van der Waals surface area contributed by atoms with Crippen molar-refractivity contribution in [1.82, 2.24) is 15.8 Å². The summed E-state index contributed by atoms with van der Waals surface area (Å²) < 4.78 is 21.1. The second-order valence-corrected chi connectivity index (χ2v) is 9.44. The first kappa shape index (κ1) is 28.1. The molecule has 1 saturated heterocycles. The second-order valence-electron chi connectivity index (χ2n) is 8.20. The molecule has 3 rings (SSSR count). The summed E-state index contributed by atoms with van der Waals surface area (Å²) in [6, 6.07) is 11.0. The number of nitrogens with two attached hydrogens (primary N) is 1. The van der Waals surface area contributed by atoms with Crippen LogP contribution in [0.2, 0.25) is 0 Å². The summed E-state index contributed by atoms with van der Waals surface area (Å²) in [7, 11) is -4.61. The fourth-order valence-corrected chi connectivity index (χ4v) is 3.95. The number of amidine groups is 1. The SMILES string of the molecule is NC(=NO)c1ccc(CCOP(=O)(O)O)c(OCCNC(=O)c2ccc(C(=O)NN3CCCC3)cc2)c1. The van der Waals surface area contributed by atoms with Gasteiger partial charge in [0.2, 0.25) is 0 Å². The lowest BCUT2D eigenvalue weighted by Crippen LogP contribution is -2.40. The van der Waals surface area contributed by atoms with Crippen molar-refractivity contribution in [3.05, 3.63) is 64.7 Å². The highest BCUT2D eigenvalue weighted by Crippen LogP contribution is 2.36. The number of phosphoric ester groups is 1. The van der Waals surface area contributed by atoms with Crippen LogP contribution in [0.1, 0.15) is 44.7 Å². The topological polar surface area (TPSA) is 196 Å². The molecule has 0 unspecified atom stereocenters. The number of phosphoric acid groups is 1. The lowest BCUT2D eigenvalue weighted by molar-refractivity contribution is 0.0824. The van der Waals surface area contributed by atoms with E-state index in [0.29, 0.717) is 28.0 Å². The minimum absolute atomic E-state index is 0.0635. The van der Waals surface area contributed by atoms with E-state index in [2.05, 4.69) is 20.4 Å². The van der Waals surface area contributed by atoms with E-state index in [1.807, 2.05) is 5.01 Å². The van der Waals surface area contributed by atoms with Gasteiger partial charge < -0.3 is 30.8 Å². The fourth-order valence-electron chi connectivity index (χ4n) is 3.62. The number of nitrogens with zero attached hydrogens (tertiary/aromatic N) is 2. The van der Waals surface area contributed by atoms with Gasteiger partial charge in [-0.25, -0.2) is 9.57 Å². The van der Waals surface area contributed by atoms with Crippen LogP contribution in [0.5, 0.6) is 5.75 Å². The summed E-state index contributed by atoms with van der Waals surface area (Å²) in [6.07, 6.45) is 2.22. The minimum atomic E-state index is -4.61. The first-order valence-corrected chi connectivity index (χ1v) is 13.1. The van der Waals surface area contributed by atoms with Gasteiger partial charge in [0, 0.05) is 36.2 Å². The highest BCUT2D eigenvalue weighted by molar-refractivity contribution is 7.46. The van der Waals surface area contributed by atoms with Gasteiger partial charge in [-0.05, 0) is 48.7 Å². The van der Waals surface area contributed by atoms with Gasteiger partial charge in [0.15, 0.2) is 5.84 Å². The Morgan fingerprint density at radius 3 is 2.24 bits per heavy atom. The molecule has 1 aliphatic heterocycles. The third kappa shape index (κ3) is 8.85. The van der Waals surface area contributed by atoms with Gasteiger partial charge in [0.05, 0.1) is 13.2 Å². The average Bonchev–Trinajstić information content (AvgIpc) is 3.39. The van der Waals surface area contributed by atoms with Crippen molar-refractivity contribution in [2.75, 3.05) is 32.8 Å². The molecule has 0 aromatic heterocycles. The van der Waals surface area contributed by atoms with Crippen molar-refractivity contribution in [3.8, 4) is 5.75 Å². The number of ether oxygens (including phenoxy) is 1. The molecular weight excluding hydrogens is 505 g/mol. The van der Waals surface area contributed by atoms with E-state index in [-0.39, 0.29) is 43.8 Å². The standard InChI is InChI=1S/C23H30N5O8P/c24-21(27-31)19-8-3-16(9-13-36-37(32,33)34)20(15-19)35-14-10-25-22(29)17-4-6-18(7-5-17)23(30)26-28-11-1-2-12-28/h3-8,15,31H,1-2,9-14H2,(H2,24,27)(H,25,29)(H,26,30)(H2,32,33,34). The number of carbonyl (C=O) groups is 2. The van der Waals surface area contributed by atoms with Crippen molar-refractivity contribution in [2.24, 2.45) is 10.9 Å². The first-order chi connectivity index (χ1) is 17.7. The Balaban J connectivity index is 1.53. The van der Waals surface area contributed by atoms with E-state index in [4.69, 9.17) is 25.5 Å². The van der Waals surface area contributed by atoms with Crippen LogP contribution in [-0.4, -0.2) is 70.5 Å². The highest BCUT2D eigenvalue weighted by Gasteiger charge is 2.17. The molecule has 2 aromatic rings. The number of hydrazine groups is 1. The van der Waals surface area contributed by atoms with Crippen molar-refractivity contribution in [3.63, 3.8) is 0 Å². The third-order valence-electron chi connectivity index (χ3n) is 5.52. The van der Waals surface area contributed by atoms with E-state index in [0.717, 1.165) is 25.9 Å². The van der Waals surface area contributed by atoms with Crippen LogP contribution in [0.25, 0.3) is 0 Å². The number of hydrogen-bond donors (Lipinski definition) is 6. The van der Waals surface area contributed by atoms with Crippen LogP contribution < -0.4 is 21.2 Å². The molecule has 14 heteroatoms. The number of benzene rings is 2. The molecule has 7 N–H and O–H groups in total. The number of nitrogens with one attached hydrogen (secondary N) is 2. The van der Waals surface area contributed by atoms with E-state index >= 15 is 0 Å². The summed E-state index contributed by atoms with van der Waals surface area (Å²) in [5.41, 5.74) is 10.2. The Morgan fingerprint density at radius 1 is 1.00 bits per heavy atom. The quantitative estimate of drug-likeness (QED) is 0.0569. The van der Waals surface area contributed by atoms with Gasteiger partial charge in [-0.2, -0.15) is 0 Å². The molecule has 1 aliphatic rings. The van der Waals surface area contributed by atoms with E-state index in [1.165, 1.54) is 6.07 Å². The van der Waals surface area contributed by atoms with Crippen LogP contribution in [0, 0.1) is 0 Å². The molecule has 13 nitrogen and oxygen atoms in total. The maximum Gasteiger partial charge on any atom is 0.469 e. The molecule has 200 valence electrons. The van der Waals surface area contributed by atoms with Gasteiger partial charge >= 0.3 is 7.82 Å². The van der Waals surface area contributed by atoms with Crippen molar-refractivity contribution >= 4 is 25.5 Å². The zero-order chi connectivity index (χ0) is 26.8. The Kier molecular flexibility index (Phi) is 10.0. The number of amides is 2. The molecule has 37 heavy (non-hydrogen) atoms. The lowest BCUT2D eigenvalue weighted by atomic mass is 10.1. The van der Waals surface area contributed by atoms with Crippen molar-refractivity contribution < 1.29 is 38.4 Å². The molecule has 1 heterocycles. The summed E-state index contributed by atoms with van der Waals surface area (Å²) in [5, 5.41) is 16.5. The molecule has 0 atom stereocenters. The van der Waals surface area contributed by atoms with Gasteiger partial charge in [-0.15, -0.1) is 0 Å². The van der Waals surface area contributed by atoms with Crippen LogP contribution in [0.15, 0.2) is 47.6 Å². The highest BCUT2D eigenvalue weighted by atomic mass is 31.2. The molecular formula is C23H30N5O8P. The minimum Gasteiger partial charge on any atom is -0.491 e. The largest absolute Gasteiger partial charge is 0.491 e. The number of hydrogen-bond acceptors (Lipinski definition) is 8. The van der Waals surface area contributed by atoms with E-state index in [1.54, 1.807) is 36.4 Å². The lowest BCUT2D eigenvalue weighted by Gasteiger charge is -2.16. The van der Waals surface area contributed by atoms with Crippen molar-refractivity contribution in [1.29, 1.82) is 0 Å². The fraction of sp³-hybridized carbons (Fsp3) is 0.348. The van der Waals surface area contributed by atoms with Gasteiger partial charge in [0.1, 0.15) is 12.4 Å². The van der Waals surface area contributed by atoms with Crippen molar-refractivity contribution in [2.45, 2.75) is 19.3 Å². The Hall–Kier alpha value is -3.48. The summed E-state index contributed by atoms with van der Waals surface area (Å²) in [4.78, 5) is 42.5. The Morgan fingerprint density at radius 2 is 1.62 bits per heavy atom. The predicted molar refractivity (Wildman–Crippen MR) is 133 cm³/mol. The van der Waals surface area contributed by atoms with Gasteiger partial charge in [0.25, 0.3) is 11.8 Å². The van der Waals surface area contributed by atoms with E-state index in [9.17, 15) is 14.2 Å². The summed E-state index contributed by atoms with van der Waals surface area (Å²) in [5.74, 6) is -0.399. The predicted octanol–water partition coefficient (Wildman–Crippen LogP) is 0.982. The maximum absolute atomic E-state index is 12.5. The molecule has 2 amide bonds.